The molecule has 0 aliphatic rings. The SMILES string of the molecule is N#CC(=Cc1c(Cl)cccc1Cl)c1ccccn1. The average Bonchev–Trinajstić information content (AvgIpc) is 2.40. The van der Waals surface area contributed by atoms with Gasteiger partial charge in [-0.25, -0.2) is 0 Å². The Morgan fingerprint density at radius 2 is 1.83 bits per heavy atom. The van der Waals surface area contributed by atoms with Crippen molar-refractivity contribution in [1.82, 2.24) is 4.98 Å². The summed E-state index contributed by atoms with van der Waals surface area (Å²) < 4.78 is 0. The van der Waals surface area contributed by atoms with E-state index in [1.807, 2.05) is 6.07 Å². The van der Waals surface area contributed by atoms with Gasteiger partial charge in [-0.15, -0.1) is 0 Å². The highest BCUT2D eigenvalue weighted by molar-refractivity contribution is 6.37. The van der Waals surface area contributed by atoms with E-state index in [1.54, 1.807) is 42.6 Å². The van der Waals surface area contributed by atoms with Crippen LogP contribution in [0.15, 0.2) is 42.6 Å². The van der Waals surface area contributed by atoms with Crippen LogP contribution < -0.4 is 0 Å². The molecule has 0 amide bonds. The van der Waals surface area contributed by atoms with Gasteiger partial charge in [0.05, 0.1) is 11.3 Å². The molecule has 18 heavy (non-hydrogen) atoms. The van der Waals surface area contributed by atoms with Gasteiger partial charge in [-0.05, 0) is 30.3 Å². The molecular weight excluding hydrogens is 267 g/mol. The minimum atomic E-state index is 0.422. The summed E-state index contributed by atoms with van der Waals surface area (Å²) >= 11 is 12.1. The molecule has 0 saturated heterocycles. The molecule has 1 aromatic heterocycles. The first-order chi connectivity index (χ1) is 8.72. The Morgan fingerprint density at radius 1 is 1.11 bits per heavy atom. The standard InChI is InChI=1S/C14H8Cl2N2/c15-12-4-3-5-13(16)11(12)8-10(9-17)14-6-1-2-7-18-14/h1-8H. The lowest BCUT2D eigenvalue weighted by atomic mass is 10.1. The lowest BCUT2D eigenvalue weighted by molar-refractivity contribution is 1.28. The van der Waals surface area contributed by atoms with Crippen LogP contribution in [0.5, 0.6) is 0 Å². The lowest BCUT2D eigenvalue weighted by Crippen LogP contribution is -1.87. The third-order valence-corrected chi connectivity index (χ3v) is 3.01. The summed E-state index contributed by atoms with van der Waals surface area (Å²) in [5.41, 5.74) is 1.64. The first-order valence-corrected chi connectivity index (χ1v) is 5.95. The lowest BCUT2D eigenvalue weighted by Gasteiger charge is -2.03. The van der Waals surface area contributed by atoms with Crippen molar-refractivity contribution in [3.8, 4) is 6.07 Å². The molecule has 88 valence electrons. The van der Waals surface area contributed by atoms with Crippen LogP contribution >= 0.6 is 23.2 Å². The molecule has 0 N–H and O–H groups in total. The fourth-order valence-corrected chi connectivity index (χ4v) is 1.99. The second-order valence-electron chi connectivity index (χ2n) is 3.52. The summed E-state index contributed by atoms with van der Waals surface area (Å²) in [4.78, 5) is 4.13. The highest BCUT2D eigenvalue weighted by Gasteiger charge is 2.06. The Kier molecular flexibility index (Phi) is 3.99. The Hall–Kier alpha value is -1.82. The normalized spacial score (nSPS) is 11.1. The van der Waals surface area contributed by atoms with Crippen LogP contribution in [0.4, 0.5) is 0 Å². The molecule has 1 aromatic carbocycles. The largest absolute Gasteiger partial charge is 0.256 e. The molecule has 2 aromatic rings. The van der Waals surface area contributed by atoms with Crippen molar-refractivity contribution >= 4 is 34.9 Å². The number of allylic oxidation sites excluding steroid dienone is 1. The van der Waals surface area contributed by atoms with E-state index in [0.29, 0.717) is 26.9 Å². The second-order valence-corrected chi connectivity index (χ2v) is 4.33. The predicted molar refractivity (Wildman–Crippen MR) is 74.2 cm³/mol. The molecule has 0 saturated carbocycles. The van der Waals surface area contributed by atoms with Gasteiger partial charge in [0.2, 0.25) is 0 Å². The minimum Gasteiger partial charge on any atom is -0.256 e. The number of nitrogens with zero attached hydrogens (tertiary/aromatic N) is 2. The smallest absolute Gasteiger partial charge is 0.101 e. The van der Waals surface area contributed by atoms with Crippen LogP contribution in [-0.4, -0.2) is 4.98 Å². The molecule has 0 radical (unpaired) electrons. The molecule has 2 rings (SSSR count). The molecule has 4 heteroatoms. The van der Waals surface area contributed by atoms with Crippen LogP contribution in [0.25, 0.3) is 11.6 Å². The van der Waals surface area contributed by atoms with E-state index in [4.69, 9.17) is 23.2 Å². The first kappa shape index (κ1) is 12.6. The Morgan fingerprint density at radius 3 is 2.39 bits per heavy atom. The van der Waals surface area contributed by atoms with Crippen molar-refractivity contribution in [2.45, 2.75) is 0 Å². The van der Waals surface area contributed by atoms with Crippen LogP contribution in [0, 0.1) is 11.3 Å². The van der Waals surface area contributed by atoms with Crippen molar-refractivity contribution < 1.29 is 0 Å². The quantitative estimate of drug-likeness (QED) is 0.759. The van der Waals surface area contributed by atoms with Crippen LogP contribution in [0.1, 0.15) is 11.3 Å². The maximum absolute atomic E-state index is 9.18. The summed E-state index contributed by atoms with van der Waals surface area (Å²) in [6.07, 6.45) is 3.28. The molecule has 0 atom stereocenters. The number of rotatable bonds is 2. The van der Waals surface area contributed by atoms with Crippen molar-refractivity contribution in [2.24, 2.45) is 0 Å². The van der Waals surface area contributed by atoms with Crippen molar-refractivity contribution in [2.75, 3.05) is 0 Å². The van der Waals surface area contributed by atoms with Crippen LogP contribution in [-0.2, 0) is 0 Å². The van der Waals surface area contributed by atoms with Gasteiger partial charge in [0.15, 0.2) is 0 Å². The van der Waals surface area contributed by atoms with E-state index < -0.39 is 0 Å². The summed E-state index contributed by atoms with van der Waals surface area (Å²) in [5.74, 6) is 0. The summed E-state index contributed by atoms with van der Waals surface area (Å²) in [7, 11) is 0. The van der Waals surface area contributed by atoms with Crippen LogP contribution in [0.2, 0.25) is 10.0 Å². The topological polar surface area (TPSA) is 36.7 Å². The highest BCUT2D eigenvalue weighted by Crippen LogP contribution is 2.28. The summed E-state index contributed by atoms with van der Waals surface area (Å²) in [6.45, 7) is 0. The fraction of sp³-hybridized carbons (Fsp3) is 0. The Labute approximate surface area is 115 Å². The zero-order valence-electron chi connectivity index (χ0n) is 9.27. The van der Waals surface area contributed by atoms with Crippen molar-refractivity contribution in [3.05, 3.63) is 63.9 Å². The zero-order chi connectivity index (χ0) is 13.0. The van der Waals surface area contributed by atoms with Gasteiger partial charge in [0.1, 0.15) is 6.07 Å². The molecule has 0 aliphatic heterocycles. The third-order valence-electron chi connectivity index (χ3n) is 2.35. The number of halogens is 2. The minimum absolute atomic E-state index is 0.422. The van der Waals surface area contributed by atoms with E-state index in [1.165, 1.54) is 0 Å². The maximum Gasteiger partial charge on any atom is 0.101 e. The van der Waals surface area contributed by atoms with E-state index in [-0.39, 0.29) is 0 Å². The van der Waals surface area contributed by atoms with E-state index in [2.05, 4.69) is 11.1 Å². The Bertz CT molecular complexity index is 608. The van der Waals surface area contributed by atoms with Crippen molar-refractivity contribution in [1.29, 1.82) is 5.26 Å². The van der Waals surface area contributed by atoms with Crippen LogP contribution in [0.3, 0.4) is 0 Å². The highest BCUT2D eigenvalue weighted by atomic mass is 35.5. The number of nitriles is 1. The Balaban J connectivity index is 2.53. The summed E-state index contributed by atoms with van der Waals surface area (Å²) in [5, 5.41) is 10.2. The van der Waals surface area contributed by atoms with Gasteiger partial charge in [-0.1, -0.05) is 35.3 Å². The van der Waals surface area contributed by atoms with Gasteiger partial charge in [0, 0.05) is 21.8 Å². The van der Waals surface area contributed by atoms with Gasteiger partial charge in [0.25, 0.3) is 0 Å². The maximum atomic E-state index is 9.18. The van der Waals surface area contributed by atoms with E-state index in [9.17, 15) is 5.26 Å². The van der Waals surface area contributed by atoms with Gasteiger partial charge in [-0.3, -0.25) is 4.98 Å². The monoisotopic (exact) mass is 274 g/mol. The molecule has 0 spiro atoms. The predicted octanol–water partition coefficient (Wildman–Crippen LogP) is 4.45. The zero-order valence-corrected chi connectivity index (χ0v) is 10.8. The van der Waals surface area contributed by atoms with Gasteiger partial charge >= 0.3 is 0 Å². The molecule has 0 bridgehead atoms. The molecule has 2 nitrogen and oxygen atoms in total. The number of hydrogen-bond acceptors (Lipinski definition) is 2. The first-order valence-electron chi connectivity index (χ1n) is 5.19. The fourth-order valence-electron chi connectivity index (χ4n) is 1.48. The summed E-state index contributed by atoms with van der Waals surface area (Å²) in [6, 6.07) is 12.7. The van der Waals surface area contributed by atoms with E-state index >= 15 is 0 Å². The molecule has 0 unspecified atom stereocenters. The van der Waals surface area contributed by atoms with Gasteiger partial charge < -0.3 is 0 Å². The average molecular weight is 275 g/mol. The molecule has 0 aliphatic carbocycles. The number of benzene rings is 1. The third kappa shape index (κ3) is 2.70. The second kappa shape index (κ2) is 5.68. The van der Waals surface area contributed by atoms with E-state index in [0.717, 1.165) is 0 Å². The number of hydrogen-bond donors (Lipinski definition) is 0. The molecular formula is C14H8Cl2N2. The van der Waals surface area contributed by atoms with Crippen molar-refractivity contribution in [3.63, 3.8) is 0 Å². The number of pyridine rings is 1. The van der Waals surface area contributed by atoms with Gasteiger partial charge in [-0.2, -0.15) is 5.26 Å². The molecule has 1 heterocycles. The number of aromatic nitrogens is 1. The molecule has 0 fully saturated rings.